The molecule has 1 aliphatic rings. The van der Waals surface area contributed by atoms with E-state index in [1.165, 1.54) is 62.0 Å². The van der Waals surface area contributed by atoms with E-state index in [0.29, 0.717) is 0 Å². The number of thioether (sulfide) groups is 1. The molecule has 0 saturated carbocycles. The zero-order valence-corrected chi connectivity index (χ0v) is 16.1. The molecule has 0 aromatic heterocycles. The average molecular weight is 347 g/mol. The van der Waals surface area contributed by atoms with Crippen LogP contribution in [0.25, 0.3) is 0 Å². The van der Waals surface area contributed by atoms with Gasteiger partial charge in [0.2, 0.25) is 0 Å². The molecule has 3 heteroatoms. The van der Waals surface area contributed by atoms with Crippen LogP contribution in [0.15, 0.2) is 57.8 Å². The van der Waals surface area contributed by atoms with Crippen molar-refractivity contribution in [3.8, 4) is 0 Å². The molecule has 24 heavy (non-hydrogen) atoms. The van der Waals surface area contributed by atoms with Crippen molar-refractivity contribution >= 4 is 11.8 Å². The van der Waals surface area contributed by atoms with Gasteiger partial charge in [-0.3, -0.25) is 0 Å². The number of unbranched alkanes of at least 4 members (excludes halogenated alkanes) is 6. The Morgan fingerprint density at radius 2 is 1.54 bits per heavy atom. The molecule has 0 N–H and O–H groups in total. The molecule has 0 radical (unpaired) electrons. The molecule has 0 atom stereocenters. The standard InChI is InChI=1S/C21H34N2S/c1-2-3-4-5-6-7-8-9-10-11-12-13-14-15-16-17-18-24-21-19-22-23-20-21/h6-7,9-10,12-13,19H,2-5,8,11,14-18,20H2,1H3/b7-6-,10-9-,13-12-. The third-order valence-electron chi connectivity index (χ3n) is 3.83. The van der Waals surface area contributed by atoms with Gasteiger partial charge in [0, 0.05) is 4.91 Å². The third kappa shape index (κ3) is 13.4. The number of allylic oxidation sites excluding steroid dienone is 6. The first kappa shape index (κ1) is 21.0. The van der Waals surface area contributed by atoms with Gasteiger partial charge in [0.25, 0.3) is 0 Å². The SMILES string of the molecule is CCCCC/C=C\C/C=C\C/C=C\CCCCCSC1=CN=NC1. The van der Waals surface area contributed by atoms with Gasteiger partial charge in [-0.1, -0.05) is 62.6 Å². The van der Waals surface area contributed by atoms with Crippen LogP contribution in [0.1, 0.15) is 71.1 Å². The van der Waals surface area contributed by atoms with Crippen molar-refractivity contribution in [2.45, 2.75) is 71.1 Å². The number of nitrogens with zero attached hydrogens (tertiary/aromatic N) is 2. The number of hydrogen-bond acceptors (Lipinski definition) is 3. The van der Waals surface area contributed by atoms with Gasteiger partial charge in [-0.05, 0) is 50.7 Å². The third-order valence-corrected chi connectivity index (χ3v) is 4.93. The molecule has 0 spiro atoms. The minimum atomic E-state index is 0.801. The molecule has 1 aliphatic heterocycles. The maximum absolute atomic E-state index is 3.95. The first-order valence-electron chi connectivity index (χ1n) is 9.57. The highest BCUT2D eigenvalue weighted by Gasteiger charge is 2.01. The van der Waals surface area contributed by atoms with Crippen molar-refractivity contribution < 1.29 is 0 Å². The molecule has 0 unspecified atom stereocenters. The van der Waals surface area contributed by atoms with Crippen molar-refractivity contribution in [1.82, 2.24) is 0 Å². The van der Waals surface area contributed by atoms with Gasteiger partial charge in [0.15, 0.2) is 0 Å². The van der Waals surface area contributed by atoms with Gasteiger partial charge in [0.05, 0.1) is 12.7 Å². The van der Waals surface area contributed by atoms with Crippen LogP contribution in [0.2, 0.25) is 0 Å². The fraction of sp³-hybridized carbons (Fsp3) is 0.619. The number of hydrogen-bond donors (Lipinski definition) is 0. The summed E-state index contributed by atoms with van der Waals surface area (Å²) in [5.74, 6) is 1.20. The zero-order valence-electron chi connectivity index (χ0n) is 15.3. The first-order chi connectivity index (χ1) is 11.9. The van der Waals surface area contributed by atoms with E-state index in [1.54, 1.807) is 0 Å². The maximum Gasteiger partial charge on any atom is 0.0927 e. The number of azo groups is 1. The van der Waals surface area contributed by atoms with E-state index < -0.39 is 0 Å². The monoisotopic (exact) mass is 346 g/mol. The lowest BCUT2D eigenvalue weighted by molar-refractivity contribution is 0.728. The van der Waals surface area contributed by atoms with Crippen molar-refractivity contribution in [2.75, 3.05) is 12.3 Å². The Bertz CT molecular complexity index is 433. The molecule has 0 aromatic rings. The van der Waals surface area contributed by atoms with E-state index in [2.05, 4.69) is 53.6 Å². The minimum Gasteiger partial charge on any atom is -0.184 e. The molecule has 0 saturated heterocycles. The maximum atomic E-state index is 3.95. The van der Waals surface area contributed by atoms with Crippen molar-refractivity contribution in [3.05, 3.63) is 47.6 Å². The lowest BCUT2D eigenvalue weighted by Gasteiger charge is -1.99. The zero-order chi connectivity index (χ0) is 17.1. The fourth-order valence-corrected chi connectivity index (χ4v) is 3.26. The molecular formula is C21H34N2S. The molecule has 0 bridgehead atoms. The molecule has 0 aliphatic carbocycles. The van der Waals surface area contributed by atoms with Crippen LogP contribution in [0.5, 0.6) is 0 Å². The Hall–Kier alpha value is -1.09. The van der Waals surface area contributed by atoms with Crippen LogP contribution in [0.3, 0.4) is 0 Å². The predicted molar refractivity (Wildman–Crippen MR) is 110 cm³/mol. The largest absolute Gasteiger partial charge is 0.184 e. The van der Waals surface area contributed by atoms with E-state index in [9.17, 15) is 0 Å². The molecular weight excluding hydrogens is 312 g/mol. The predicted octanol–water partition coefficient (Wildman–Crippen LogP) is 7.62. The highest BCUT2D eigenvalue weighted by molar-refractivity contribution is 8.03. The van der Waals surface area contributed by atoms with Crippen LogP contribution < -0.4 is 0 Å². The topological polar surface area (TPSA) is 24.7 Å². The fourth-order valence-electron chi connectivity index (χ4n) is 2.37. The average Bonchev–Trinajstić information content (AvgIpc) is 3.11. The van der Waals surface area contributed by atoms with Gasteiger partial charge in [-0.2, -0.15) is 10.2 Å². The second-order valence-corrected chi connectivity index (χ2v) is 7.31. The summed E-state index contributed by atoms with van der Waals surface area (Å²) in [4.78, 5) is 1.32. The molecule has 1 rings (SSSR count). The Labute approximate surface area is 153 Å². The van der Waals surface area contributed by atoms with Crippen molar-refractivity contribution in [3.63, 3.8) is 0 Å². The molecule has 0 aromatic carbocycles. The van der Waals surface area contributed by atoms with Crippen LogP contribution in [-0.2, 0) is 0 Å². The summed E-state index contributed by atoms with van der Waals surface area (Å²) in [6.45, 7) is 3.05. The summed E-state index contributed by atoms with van der Waals surface area (Å²) in [6, 6.07) is 0. The van der Waals surface area contributed by atoms with Crippen LogP contribution >= 0.6 is 11.8 Å². The van der Waals surface area contributed by atoms with Gasteiger partial charge < -0.3 is 0 Å². The number of rotatable bonds is 15. The molecule has 1 heterocycles. The van der Waals surface area contributed by atoms with Crippen molar-refractivity contribution in [1.29, 1.82) is 0 Å². The smallest absolute Gasteiger partial charge is 0.0927 e. The Morgan fingerprint density at radius 1 is 0.875 bits per heavy atom. The summed E-state index contributed by atoms with van der Waals surface area (Å²) < 4.78 is 0. The van der Waals surface area contributed by atoms with Crippen molar-refractivity contribution in [2.24, 2.45) is 10.2 Å². The lowest BCUT2D eigenvalue weighted by Crippen LogP contribution is -1.84. The Kier molecular flexibility index (Phi) is 14.6. The van der Waals surface area contributed by atoms with Crippen LogP contribution in [-0.4, -0.2) is 12.3 Å². The highest BCUT2D eigenvalue weighted by Crippen LogP contribution is 2.21. The Morgan fingerprint density at radius 3 is 2.17 bits per heavy atom. The second-order valence-electron chi connectivity index (χ2n) is 6.09. The van der Waals surface area contributed by atoms with Gasteiger partial charge in [-0.15, -0.1) is 11.8 Å². The van der Waals surface area contributed by atoms with Crippen LogP contribution in [0.4, 0.5) is 0 Å². The van der Waals surface area contributed by atoms with E-state index in [1.807, 2.05) is 18.0 Å². The summed E-state index contributed by atoms with van der Waals surface area (Å²) in [5, 5.41) is 7.84. The second kappa shape index (κ2) is 16.8. The Balaban J connectivity index is 1.81. The molecule has 0 amide bonds. The van der Waals surface area contributed by atoms with Crippen LogP contribution in [0, 0.1) is 0 Å². The summed E-state index contributed by atoms with van der Waals surface area (Å²) in [7, 11) is 0. The summed E-state index contributed by atoms with van der Waals surface area (Å²) >= 11 is 1.91. The lowest BCUT2D eigenvalue weighted by atomic mass is 10.2. The van der Waals surface area contributed by atoms with Gasteiger partial charge in [-0.25, -0.2) is 0 Å². The van der Waals surface area contributed by atoms with E-state index in [4.69, 9.17) is 0 Å². The summed E-state index contributed by atoms with van der Waals surface area (Å²) in [5.41, 5.74) is 0. The molecule has 2 nitrogen and oxygen atoms in total. The van der Waals surface area contributed by atoms with Gasteiger partial charge in [0.1, 0.15) is 0 Å². The minimum absolute atomic E-state index is 0.801. The molecule has 0 fully saturated rings. The highest BCUT2D eigenvalue weighted by atomic mass is 32.2. The summed E-state index contributed by atoms with van der Waals surface area (Å²) in [6.07, 6.45) is 28.2. The molecule has 134 valence electrons. The van der Waals surface area contributed by atoms with Gasteiger partial charge >= 0.3 is 0 Å². The normalized spacial score (nSPS) is 14.6. The first-order valence-corrected chi connectivity index (χ1v) is 10.6. The van der Waals surface area contributed by atoms with E-state index in [-0.39, 0.29) is 0 Å². The van der Waals surface area contributed by atoms with E-state index >= 15 is 0 Å². The van der Waals surface area contributed by atoms with E-state index in [0.717, 1.165) is 19.4 Å². The quantitative estimate of drug-likeness (QED) is 0.221.